The third-order valence-corrected chi connectivity index (χ3v) is 5.38. The Morgan fingerprint density at radius 2 is 2.05 bits per heavy atom. The molecule has 0 spiro atoms. The molecule has 1 aromatic heterocycles. The Kier molecular flexibility index (Phi) is 4.25. The molecule has 3 rings (SSSR count). The third kappa shape index (κ3) is 2.83. The maximum Gasteiger partial charge on any atom is 0.204 e. The fraction of sp³-hybridized carbons (Fsp3) is 0.312. The van der Waals surface area contributed by atoms with Gasteiger partial charge in [-0.05, 0) is 43.9 Å². The van der Waals surface area contributed by atoms with Gasteiger partial charge in [0, 0.05) is 16.5 Å². The highest BCUT2D eigenvalue weighted by Gasteiger charge is 2.22. The van der Waals surface area contributed by atoms with Crippen molar-refractivity contribution in [2.24, 2.45) is 0 Å². The van der Waals surface area contributed by atoms with Gasteiger partial charge in [0.25, 0.3) is 0 Å². The number of hydrogen-bond donors (Lipinski definition) is 0. The van der Waals surface area contributed by atoms with Crippen LogP contribution in [-0.4, -0.2) is 12.4 Å². The molecule has 2 nitrogen and oxygen atoms in total. The van der Waals surface area contributed by atoms with Crippen LogP contribution in [0.3, 0.4) is 0 Å². The van der Waals surface area contributed by atoms with Crippen molar-refractivity contribution in [3.05, 3.63) is 49.1 Å². The second-order valence-corrected chi connectivity index (χ2v) is 6.89. The van der Waals surface area contributed by atoms with Crippen molar-refractivity contribution in [1.29, 1.82) is 0 Å². The van der Waals surface area contributed by atoms with E-state index in [1.807, 2.05) is 13.0 Å². The monoisotopic (exact) mass is 340 g/mol. The smallest absolute Gasteiger partial charge is 0.204 e. The number of rotatable bonds is 4. The average Bonchev–Trinajstić information content (AvgIpc) is 3.03. The highest BCUT2D eigenvalue weighted by molar-refractivity contribution is 7.14. The van der Waals surface area contributed by atoms with Crippen molar-refractivity contribution in [3.8, 4) is 5.75 Å². The largest absolute Gasteiger partial charge is 0.492 e. The Morgan fingerprint density at radius 1 is 1.24 bits per heavy atom. The molecule has 0 amide bonds. The predicted molar refractivity (Wildman–Crippen MR) is 87.4 cm³/mol. The molecule has 110 valence electrons. The second kappa shape index (κ2) is 5.99. The van der Waals surface area contributed by atoms with Gasteiger partial charge in [0.15, 0.2) is 0 Å². The molecule has 0 bridgehead atoms. The summed E-state index contributed by atoms with van der Waals surface area (Å²) in [6, 6.07) is 5.21. The lowest BCUT2D eigenvalue weighted by atomic mass is 10.1. The minimum Gasteiger partial charge on any atom is -0.492 e. The summed E-state index contributed by atoms with van der Waals surface area (Å²) in [5.74, 6) is 0.443. The summed E-state index contributed by atoms with van der Waals surface area (Å²) >= 11 is 13.9. The zero-order valence-electron chi connectivity index (χ0n) is 11.5. The van der Waals surface area contributed by atoms with Gasteiger partial charge in [0.05, 0.1) is 21.5 Å². The third-order valence-electron chi connectivity index (χ3n) is 3.54. The van der Waals surface area contributed by atoms with Crippen LogP contribution in [0.2, 0.25) is 10.0 Å². The quantitative estimate of drug-likeness (QED) is 0.717. The summed E-state index contributed by atoms with van der Waals surface area (Å²) in [5, 5.41) is 0.787. The van der Waals surface area contributed by atoms with E-state index in [1.54, 1.807) is 23.5 Å². The number of thiophene rings is 1. The zero-order valence-corrected chi connectivity index (χ0v) is 13.9. The van der Waals surface area contributed by atoms with E-state index in [9.17, 15) is 4.79 Å². The molecule has 0 saturated carbocycles. The van der Waals surface area contributed by atoms with Gasteiger partial charge >= 0.3 is 0 Å². The summed E-state index contributed by atoms with van der Waals surface area (Å²) in [5.41, 5.74) is 1.74. The molecule has 0 radical (unpaired) electrons. The number of aryl methyl sites for hydroxylation is 2. The summed E-state index contributed by atoms with van der Waals surface area (Å²) in [6.07, 6.45) is 3.33. The van der Waals surface area contributed by atoms with Crippen molar-refractivity contribution in [1.82, 2.24) is 0 Å². The lowest BCUT2D eigenvalue weighted by molar-refractivity contribution is 0.104. The molecule has 1 aromatic carbocycles. The molecular weight excluding hydrogens is 327 g/mol. The molecule has 1 aliphatic carbocycles. The molecule has 0 fully saturated rings. The van der Waals surface area contributed by atoms with E-state index in [2.05, 4.69) is 0 Å². The SMILES string of the molecule is CCOc1cc(Cl)c(C(=O)c2cc3c(s2)CCC3)cc1Cl. The van der Waals surface area contributed by atoms with E-state index in [4.69, 9.17) is 27.9 Å². The molecule has 1 aliphatic rings. The number of halogens is 2. The molecule has 21 heavy (non-hydrogen) atoms. The van der Waals surface area contributed by atoms with E-state index in [0.717, 1.165) is 17.7 Å². The Hall–Kier alpha value is -1.03. The Labute approximate surface area is 137 Å². The fourth-order valence-corrected chi connectivity index (χ4v) is 4.21. The van der Waals surface area contributed by atoms with Gasteiger partial charge in [-0.25, -0.2) is 0 Å². The van der Waals surface area contributed by atoms with Gasteiger partial charge in [0.1, 0.15) is 5.75 Å². The highest BCUT2D eigenvalue weighted by Crippen LogP contribution is 2.36. The Bertz CT molecular complexity index is 685. The lowest BCUT2D eigenvalue weighted by Crippen LogP contribution is -2.01. The average molecular weight is 341 g/mol. The Morgan fingerprint density at radius 3 is 2.76 bits per heavy atom. The maximum atomic E-state index is 12.6. The maximum absolute atomic E-state index is 12.6. The lowest BCUT2D eigenvalue weighted by Gasteiger charge is -2.09. The highest BCUT2D eigenvalue weighted by atomic mass is 35.5. The minimum absolute atomic E-state index is 0.0654. The van der Waals surface area contributed by atoms with Crippen LogP contribution in [0.15, 0.2) is 18.2 Å². The van der Waals surface area contributed by atoms with E-state index in [1.165, 1.54) is 16.9 Å². The van der Waals surface area contributed by atoms with Crippen LogP contribution in [0.5, 0.6) is 5.75 Å². The van der Waals surface area contributed by atoms with Crippen LogP contribution in [0.25, 0.3) is 0 Å². The van der Waals surface area contributed by atoms with Gasteiger partial charge in [-0.3, -0.25) is 4.79 Å². The van der Waals surface area contributed by atoms with E-state index < -0.39 is 0 Å². The summed E-state index contributed by atoms with van der Waals surface area (Å²) in [4.78, 5) is 14.7. The standard InChI is InChI=1S/C16H14Cl2O2S/c1-2-20-13-8-11(17)10(7-12(13)18)16(19)15-6-9-4-3-5-14(9)21-15/h6-8H,2-5H2,1H3. The van der Waals surface area contributed by atoms with Gasteiger partial charge < -0.3 is 4.74 Å². The second-order valence-electron chi connectivity index (χ2n) is 4.94. The number of fused-ring (bicyclic) bond motifs is 1. The molecule has 0 N–H and O–H groups in total. The van der Waals surface area contributed by atoms with Crippen molar-refractivity contribution < 1.29 is 9.53 Å². The molecule has 0 saturated heterocycles. The van der Waals surface area contributed by atoms with Gasteiger partial charge in [-0.1, -0.05) is 23.2 Å². The van der Waals surface area contributed by atoms with Crippen LogP contribution in [0.4, 0.5) is 0 Å². The number of carbonyl (C=O) groups is 1. The fourth-order valence-electron chi connectivity index (χ4n) is 2.54. The van der Waals surface area contributed by atoms with Crippen LogP contribution >= 0.6 is 34.5 Å². The van der Waals surface area contributed by atoms with Crippen LogP contribution in [-0.2, 0) is 12.8 Å². The number of hydrogen-bond acceptors (Lipinski definition) is 3. The number of ketones is 1. The normalized spacial score (nSPS) is 13.3. The summed E-state index contributed by atoms with van der Waals surface area (Å²) in [6.45, 7) is 2.37. The first kappa shape index (κ1) is 14.9. The zero-order chi connectivity index (χ0) is 15.0. The predicted octanol–water partition coefficient (Wildman–Crippen LogP) is 5.17. The van der Waals surface area contributed by atoms with Gasteiger partial charge in [-0.2, -0.15) is 0 Å². The summed E-state index contributed by atoms with van der Waals surface area (Å²) in [7, 11) is 0. The van der Waals surface area contributed by atoms with E-state index in [-0.39, 0.29) is 5.78 Å². The molecule has 0 aliphatic heterocycles. The van der Waals surface area contributed by atoms with Gasteiger partial charge in [-0.15, -0.1) is 11.3 Å². The van der Waals surface area contributed by atoms with Crippen molar-refractivity contribution in [3.63, 3.8) is 0 Å². The first-order valence-corrected chi connectivity index (χ1v) is 8.45. The van der Waals surface area contributed by atoms with Crippen molar-refractivity contribution in [2.75, 3.05) is 6.61 Å². The molecule has 2 aromatic rings. The first-order chi connectivity index (χ1) is 10.1. The topological polar surface area (TPSA) is 26.3 Å². The molecular formula is C16H14Cl2O2S. The van der Waals surface area contributed by atoms with E-state index in [0.29, 0.717) is 28.0 Å². The van der Waals surface area contributed by atoms with Crippen LogP contribution in [0.1, 0.15) is 39.0 Å². The van der Waals surface area contributed by atoms with Gasteiger partial charge in [0.2, 0.25) is 5.78 Å². The number of ether oxygens (including phenoxy) is 1. The summed E-state index contributed by atoms with van der Waals surface area (Å²) < 4.78 is 5.38. The van der Waals surface area contributed by atoms with E-state index >= 15 is 0 Å². The Balaban J connectivity index is 1.95. The number of carbonyl (C=O) groups excluding carboxylic acids is 1. The molecule has 5 heteroatoms. The minimum atomic E-state index is -0.0654. The molecule has 0 atom stereocenters. The van der Waals surface area contributed by atoms with Crippen molar-refractivity contribution in [2.45, 2.75) is 26.2 Å². The van der Waals surface area contributed by atoms with Crippen LogP contribution < -0.4 is 4.74 Å². The van der Waals surface area contributed by atoms with Crippen LogP contribution in [0, 0.1) is 0 Å². The molecule has 0 unspecified atom stereocenters. The molecule has 1 heterocycles. The van der Waals surface area contributed by atoms with Crippen molar-refractivity contribution >= 4 is 40.3 Å². The number of benzene rings is 1. The first-order valence-electron chi connectivity index (χ1n) is 6.88.